The average Bonchev–Trinajstić information content (AvgIpc) is 3.01. The van der Waals surface area contributed by atoms with Crippen LogP contribution in [0.2, 0.25) is 0 Å². The fraction of sp³-hybridized carbons (Fsp3) is 0.476. The molecule has 126 valence electrons. The highest BCUT2D eigenvalue weighted by Crippen LogP contribution is 2.35. The van der Waals surface area contributed by atoms with Gasteiger partial charge in [0.15, 0.2) is 0 Å². The summed E-state index contributed by atoms with van der Waals surface area (Å²) in [6, 6.07) is 14.3. The first-order valence-corrected chi connectivity index (χ1v) is 9.21. The minimum Gasteiger partial charge on any atom is -0.313 e. The van der Waals surface area contributed by atoms with E-state index >= 15 is 0 Å². The summed E-state index contributed by atoms with van der Waals surface area (Å²) in [4.78, 5) is 6.81. The van der Waals surface area contributed by atoms with Gasteiger partial charge in [-0.1, -0.05) is 30.3 Å². The van der Waals surface area contributed by atoms with Crippen molar-refractivity contribution in [3.8, 4) is 0 Å². The van der Waals surface area contributed by atoms with Crippen LogP contribution in [-0.2, 0) is 12.8 Å². The average molecular weight is 321 g/mol. The molecular weight excluding hydrogens is 294 g/mol. The molecule has 1 aliphatic carbocycles. The molecule has 1 aliphatic heterocycles. The van der Waals surface area contributed by atoms with Gasteiger partial charge in [-0.3, -0.25) is 9.88 Å². The second kappa shape index (κ2) is 7.04. The van der Waals surface area contributed by atoms with Crippen molar-refractivity contribution in [2.75, 3.05) is 20.1 Å². The van der Waals surface area contributed by atoms with Gasteiger partial charge in [0.1, 0.15) is 0 Å². The molecule has 3 heteroatoms. The summed E-state index contributed by atoms with van der Waals surface area (Å²) in [6.07, 6.45) is 8.83. The molecule has 4 rings (SSSR count). The van der Waals surface area contributed by atoms with Crippen LogP contribution in [0.4, 0.5) is 0 Å². The van der Waals surface area contributed by atoms with Crippen LogP contribution in [0.5, 0.6) is 0 Å². The quantitative estimate of drug-likeness (QED) is 0.937. The van der Waals surface area contributed by atoms with Gasteiger partial charge in [0.25, 0.3) is 0 Å². The van der Waals surface area contributed by atoms with E-state index in [4.69, 9.17) is 0 Å². The Balaban J connectivity index is 1.39. The maximum absolute atomic E-state index is 4.33. The molecule has 2 aromatic rings. The molecule has 0 spiro atoms. The fourth-order valence-electron chi connectivity index (χ4n) is 4.51. The molecule has 0 bridgehead atoms. The predicted octanol–water partition coefficient (Wildman–Crippen LogP) is 3.22. The lowest BCUT2D eigenvalue weighted by atomic mass is 9.87. The van der Waals surface area contributed by atoms with Crippen molar-refractivity contribution in [1.82, 2.24) is 15.2 Å². The summed E-state index contributed by atoms with van der Waals surface area (Å²) in [5.74, 6) is 0.677. The van der Waals surface area contributed by atoms with Crippen molar-refractivity contribution in [2.45, 2.75) is 37.8 Å². The van der Waals surface area contributed by atoms with Gasteiger partial charge in [0.05, 0.1) is 0 Å². The number of nitrogens with zero attached hydrogens (tertiary/aromatic N) is 2. The summed E-state index contributed by atoms with van der Waals surface area (Å²) in [6.45, 7) is 2.29. The Bertz CT molecular complexity index is 670. The summed E-state index contributed by atoms with van der Waals surface area (Å²) < 4.78 is 0. The summed E-state index contributed by atoms with van der Waals surface area (Å²) >= 11 is 0. The number of hydrogen-bond acceptors (Lipinski definition) is 3. The minimum absolute atomic E-state index is 0.502. The van der Waals surface area contributed by atoms with Crippen LogP contribution in [0, 0.1) is 5.92 Å². The van der Waals surface area contributed by atoms with E-state index in [-0.39, 0.29) is 0 Å². The van der Waals surface area contributed by atoms with Crippen LogP contribution < -0.4 is 5.32 Å². The number of fused-ring (bicyclic) bond motifs is 1. The number of likely N-dealkylation sites (tertiary alicyclic amines) is 1. The van der Waals surface area contributed by atoms with Crippen molar-refractivity contribution >= 4 is 0 Å². The van der Waals surface area contributed by atoms with Crippen LogP contribution >= 0.6 is 0 Å². The van der Waals surface area contributed by atoms with E-state index in [1.165, 1.54) is 43.4 Å². The highest BCUT2D eigenvalue weighted by molar-refractivity contribution is 5.30. The Kier molecular flexibility index (Phi) is 4.63. The largest absolute Gasteiger partial charge is 0.313 e. The van der Waals surface area contributed by atoms with E-state index in [0.29, 0.717) is 18.0 Å². The Hall–Kier alpha value is -1.71. The SMILES string of the molecule is CN1CC[C@@H](CN[C@H]2CCc3ccccc3C2)[C@@H]1c1cccnc1. The van der Waals surface area contributed by atoms with Gasteiger partial charge in [0, 0.05) is 31.0 Å². The topological polar surface area (TPSA) is 28.2 Å². The normalized spacial score (nSPS) is 27.1. The Morgan fingerprint density at radius 2 is 2.00 bits per heavy atom. The molecule has 1 aromatic carbocycles. The molecule has 1 aromatic heterocycles. The summed E-state index contributed by atoms with van der Waals surface area (Å²) in [7, 11) is 2.24. The summed E-state index contributed by atoms with van der Waals surface area (Å²) in [5, 5.41) is 3.88. The van der Waals surface area contributed by atoms with Gasteiger partial charge in [-0.2, -0.15) is 0 Å². The van der Waals surface area contributed by atoms with Crippen LogP contribution in [0.3, 0.4) is 0 Å². The van der Waals surface area contributed by atoms with E-state index < -0.39 is 0 Å². The zero-order valence-corrected chi connectivity index (χ0v) is 14.5. The lowest BCUT2D eigenvalue weighted by Gasteiger charge is -2.29. The molecule has 2 aliphatic rings. The first-order chi connectivity index (χ1) is 11.8. The zero-order valence-electron chi connectivity index (χ0n) is 14.5. The van der Waals surface area contributed by atoms with Gasteiger partial charge in [-0.05, 0) is 68.0 Å². The lowest BCUT2D eigenvalue weighted by Crippen LogP contribution is -2.38. The van der Waals surface area contributed by atoms with Gasteiger partial charge in [-0.15, -0.1) is 0 Å². The van der Waals surface area contributed by atoms with Crippen molar-refractivity contribution < 1.29 is 0 Å². The highest BCUT2D eigenvalue weighted by Gasteiger charge is 2.33. The van der Waals surface area contributed by atoms with Crippen LogP contribution in [0.15, 0.2) is 48.8 Å². The van der Waals surface area contributed by atoms with E-state index in [1.54, 1.807) is 5.56 Å². The lowest BCUT2D eigenvalue weighted by molar-refractivity contribution is 0.265. The molecule has 0 amide bonds. The van der Waals surface area contributed by atoms with Crippen molar-refractivity contribution in [3.05, 3.63) is 65.5 Å². The van der Waals surface area contributed by atoms with Crippen LogP contribution in [0.25, 0.3) is 0 Å². The maximum atomic E-state index is 4.33. The third kappa shape index (κ3) is 3.24. The Morgan fingerprint density at radius 3 is 2.83 bits per heavy atom. The Labute approximate surface area is 145 Å². The first-order valence-electron chi connectivity index (χ1n) is 9.21. The minimum atomic E-state index is 0.502. The third-order valence-electron chi connectivity index (χ3n) is 5.82. The number of rotatable bonds is 4. The highest BCUT2D eigenvalue weighted by atomic mass is 15.2. The van der Waals surface area contributed by atoms with Gasteiger partial charge < -0.3 is 5.32 Å². The first kappa shape index (κ1) is 15.8. The van der Waals surface area contributed by atoms with Crippen LogP contribution in [0.1, 0.15) is 35.6 Å². The van der Waals surface area contributed by atoms with Crippen molar-refractivity contribution in [1.29, 1.82) is 0 Å². The van der Waals surface area contributed by atoms with E-state index in [1.807, 2.05) is 12.4 Å². The maximum Gasteiger partial charge on any atom is 0.0401 e. The number of nitrogens with one attached hydrogen (secondary N) is 1. The number of pyridine rings is 1. The zero-order chi connectivity index (χ0) is 16.4. The molecule has 0 saturated carbocycles. The molecule has 1 fully saturated rings. The number of aromatic nitrogens is 1. The monoisotopic (exact) mass is 321 g/mol. The van der Waals surface area contributed by atoms with Gasteiger partial charge in [-0.25, -0.2) is 0 Å². The van der Waals surface area contributed by atoms with E-state index in [9.17, 15) is 0 Å². The molecule has 1 saturated heterocycles. The predicted molar refractivity (Wildman–Crippen MR) is 98.0 cm³/mol. The molecule has 1 N–H and O–H groups in total. The molecule has 2 heterocycles. The summed E-state index contributed by atoms with van der Waals surface area (Å²) in [5.41, 5.74) is 4.44. The van der Waals surface area contributed by atoms with E-state index in [0.717, 1.165) is 6.54 Å². The van der Waals surface area contributed by atoms with Gasteiger partial charge >= 0.3 is 0 Å². The fourth-order valence-corrected chi connectivity index (χ4v) is 4.51. The van der Waals surface area contributed by atoms with E-state index in [2.05, 4.69) is 58.6 Å². The molecule has 3 atom stereocenters. The molecule has 3 nitrogen and oxygen atoms in total. The number of benzene rings is 1. The second-order valence-corrected chi connectivity index (χ2v) is 7.38. The second-order valence-electron chi connectivity index (χ2n) is 7.38. The molecule has 0 radical (unpaired) electrons. The van der Waals surface area contributed by atoms with Crippen molar-refractivity contribution in [2.24, 2.45) is 5.92 Å². The standard InChI is InChI=1S/C21H27N3/c1-24-12-10-19(21(24)18-7-4-11-22-14-18)15-23-20-9-8-16-5-2-3-6-17(16)13-20/h2-7,11,14,19-21,23H,8-10,12-13,15H2,1H3/t19-,20-,21-/m0/s1. The number of aryl methyl sites for hydroxylation is 1. The third-order valence-corrected chi connectivity index (χ3v) is 5.82. The van der Waals surface area contributed by atoms with Crippen molar-refractivity contribution in [3.63, 3.8) is 0 Å². The smallest absolute Gasteiger partial charge is 0.0401 e. The van der Waals surface area contributed by atoms with Gasteiger partial charge in [0.2, 0.25) is 0 Å². The molecule has 24 heavy (non-hydrogen) atoms. The molecular formula is C21H27N3. The van der Waals surface area contributed by atoms with Crippen LogP contribution in [-0.4, -0.2) is 36.1 Å². The Morgan fingerprint density at radius 1 is 1.12 bits per heavy atom. The number of hydrogen-bond donors (Lipinski definition) is 1. The molecule has 0 unspecified atom stereocenters.